The molecule has 0 amide bonds. The Hall–Kier alpha value is -0.570. The van der Waals surface area contributed by atoms with Crippen LogP contribution in [-0.2, 0) is 4.79 Å². The number of aliphatic carboxylic acids is 1. The van der Waals surface area contributed by atoms with Gasteiger partial charge in [-0.15, -0.1) is 0 Å². The summed E-state index contributed by atoms with van der Waals surface area (Å²) >= 11 is 0. The molecule has 0 bridgehead atoms. The molecule has 1 atom stereocenters. The van der Waals surface area contributed by atoms with Gasteiger partial charge in [0.25, 0.3) is 0 Å². The summed E-state index contributed by atoms with van der Waals surface area (Å²) in [6, 6.07) is 0. The molecular weight excluding hydrogens is 178 g/mol. The Kier molecular flexibility index (Phi) is 3.53. The van der Waals surface area contributed by atoms with Crippen LogP contribution >= 0.6 is 0 Å². The van der Waals surface area contributed by atoms with Crippen LogP contribution in [0.3, 0.4) is 0 Å². The number of carbonyl (C=O) groups is 1. The summed E-state index contributed by atoms with van der Waals surface area (Å²) in [5.74, 6) is -0.100. The average Bonchev–Trinajstić information content (AvgIpc) is 2.47. The molecule has 1 heterocycles. The van der Waals surface area contributed by atoms with Crippen LogP contribution in [0.5, 0.6) is 0 Å². The second kappa shape index (κ2) is 4.30. The largest absolute Gasteiger partial charge is 0.480 e. The molecule has 1 aliphatic heterocycles. The first kappa shape index (κ1) is 11.5. The fourth-order valence-electron chi connectivity index (χ4n) is 2.44. The van der Waals surface area contributed by atoms with Crippen LogP contribution in [0.25, 0.3) is 0 Å². The molecule has 1 N–H and O–H groups in total. The molecule has 0 aromatic heterocycles. The van der Waals surface area contributed by atoms with Gasteiger partial charge in [0.1, 0.15) is 5.54 Å². The zero-order valence-corrected chi connectivity index (χ0v) is 9.42. The SMILES string of the molecule is CCC1(C(=O)O)CCCN1CC(C)C. The van der Waals surface area contributed by atoms with Crippen molar-refractivity contribution in [1.29, 1.82) is 0 Å². The van der Waals surface area contributed by atoms with Gasteiger partial charge in [-0.1, -0.05) is 20.8 Å². The first-order valence-corrected chi connectivity index (χ1v) is 5.51. The van der Waals surface area contributed by atoms with Gasteiger partial charge >= 0.3 is 5.97 Å². The molecule has 1 saturated heterocycles. The summed E-state index contributed by atoms with van der Waals surface area (Å²) in [4.78, 5) is 13.5. The van der Waals surface area contributed by atoms with E-state index >= 15 is 0 Å². The standard InChI is InChI=1S/C11H21NO2/c1-4-11(10(13)14)6-5-7-12(11)8-9(2)3/h9H,4-8H2,1-3H3,(H,13,14). The van der Waals surface area contributed by atoms with Crippen LogP contribution in [0.1, 0.15) is 40.0 Å². The van der Waals surface area contributed by atoms with Gasteiger partial charge in [0.2, 0.25) is 0 Å². The molecule has 0 saturated carbocycles. The predicted molar refractivity (Wildman–Crippen MR) is 56.3 cm³/mol. The minimum Gasteiger partial charge on any atom is -0.480 e. The average molecular weight is 199 g/mol. The van der Waals surface area contributed by atoms with Gasteiger partial charge in [-0.05, 0) is 31.7 Å². The summed E-state index contributed by atoms with van der Waals surface area (Å²) < 4.78 is 0. The van der Waals surface area contributed by atoms with Crippen LogP contribution < -0.4 is 0 Å². The Bertz CT molecular complexity index is 215. The van der Waals surface area contributed by atoms with E-state index in [1.54, 1.807) is 0 Å². The first-order chi connectivity index (χ1) is 6.53. The summed E-state index contributed by atoms with van der Waals surface area (Å²) in [5.41, 5.74) is -0.565. The smallest absolute Gasteiger partial charge is 0.324 e. The van der Waals surface area contributed by atoms with Crippen LogP contribution in [0.2, 0.25) is 0 Å². The lowest BCUT2D eigenvalue weighted by molar-refractivity contribution is -0.150. The van der Waals surface area contributed by atoms with E-state index in [2.05, 4.69) is 18.7 Å². The molecule has 1 rings (SSSR count). The van der Waals surface area contributed by atoms with E-state index < -0.39 is 11.5 Å². The van der Waals surface area contributed by atoms with E-state index in [0.29, 0.717) is 5.92 Å². The quantitative estimate of drug-likeness (QED) is 0.752. The number of carboxylic acid groups (broad SMARTS) is 1. The second-order valence-electron chi connectivity index (χ2n) is 4.63. The molecule has 0 spiro atoms. The Labute approximate surface area is 86.1 Å². The first-order valence-electron chi connectivity index (χ1n) is 5.51. The van der Waals surface area contributed by atoms with Crippen molar-refractivity contribution in [3.05, 3.63) is 0 Å². The number of rotatable bonds is 4. The highest BCUT2D eigenvalue weighted by Gasteiger charge is 2.45. The second-order valence-corrected chi connectivity index (χ2v) is 4.63. The Morgan fingerprint density at radius 2 is 2.21 bits per heavy atom. The molecule has 14 heavy (non-hydrogen) atoms. The van der Waals surface area contributed by atoms with Gasteiger partial charge in [0.15, 0.2) is 0 Å². The third-order valence-corrected chi connectivity index (χ3v) is 3.19. The number of likely N-dealkylation sites (tertiary alicyclic amines) is 1. The molecule has 0 aliphatic carbocycles. The number of carboxylic acids is 1. The molecule has 3 heteroatoms. The van der Waals surface area contributed by atoms with Crippen LogP contribution in [-0.4, -0.2) is 34.6 Å². The van der Waals surface area contributed by atoms with Gasteiger partial charge in [-0.3, -0.25) is 9.69 Å². The van der Waals surface area contributed by atoms with E-state index in [4.69, 9.17) is 0 Å². The Morgan fingerprint density at radius 3 is 2.64 bits per heavy atom. The van der Waals surface area contributed by atoms with Crippen LogP contribution in [0, 0.1) is 5.92 Å². The maximum atomic E-state index is 11.3. The van der Waals surface area contributed by atoms with E-state index in [1.165, 1.54) is 0 Å². The lowest BCUT2D eigenvalue weighted by Crippen LogP contribution is -2.51. The molecular formula is C11H21NO2. The topological polar surface area (TPSA) is 40.5 Å². The van der Waals surface area contributed by atoms with Gasteiger partial charge in [-0.25, -0.2) is 0 Å². The van der Waals surface area contributed by atoms with Gasteiger partial charge < -0.3 is 5.11 Å². The van der Waals surface area contributed by atoms with E-state index in [-0.39, 0.29) is 0 Å². The zero-order chi connectivity index (χ0) is 10.8. The Morgan fingerprint density at radius 1 is 1.57 bits per heavy atom. The molecule has 1 aliphatic rings. The fourth-order valence-corrected chi connectivity index (χ4v) is 2.44. The predicted octanol–water partition coefficient (Wildman–Crippen LogP) is 1.97. The highest BCUT2D eigenvalue weighted by Crippen LogP contribution is 2.33. The molecule has 0 aromatic carbocycles. The van der Waals surface area contributed by atoms with Crippen molar-refractivity contribution in [1.82, 2.24) is 4.90 Å². The summed E-state index contributed by atoms with van der Waals surface area (Å²) in [7, 11) is 0. The fraction of sp³-hybridized carbons (Fsp3) is 0.909. The maximum absolute atomic E-state index is 11.3. The molecule has 1 fully saturated rings. The van der Waals surface area contributed by atoms with Crippen LogP contribution in [0.15, 0.2) is 0 Å². The van der Waals surface area contributed by atoms with E-state index in [9.17, 15) is 9.90 Å². The highest BCUT2D eigenvalue weighted by atomic mass is 16.4. The van der Waals surface area contributed by atoms with Crippen LogP contribution in [0.4, 0.5) is 0 Å². The lowest BCUT2D eigenvalue weighted by atomic mass is 9.92. The molecule has 3 nitrogen and oxygen atoms in total. The van der Waals surface area contributed by atoms with Gasteiger partial charge in [0, 0.05) is 6.54 Å². The van der Waals surface area contributed by atoms with Crippen molar-refractivity contribution in [3.63, 3.8) is 0 Å². The van der Waals surface area contributed by atoms with Crippen molar-refractivity contribution in [2.75, 3.05) is 13.1 Å². The lowest BCUT2D eigenvalue weighted by Gasteiger charge is -2.34. The molecule has 82 valence electrons. The minimum atomic E-state index is -0.641. The summed E-state index contributed by atoms with van der Waals surface area (Å²) in [6.45, 7) is 8.10. The molecule has 1 unspecified atom stereocenters. The minimum absolute atomic E-state index is 0.540. The third kappa shape index (κ3) is 1.92. The summed E-state index contributed by atoms with van der Waals surface area (Å²) in [6.07, 6.45) is 2.55. The Balaban J connectivity index is 2.78. The molecule has 0 radical (unpaired) electrons. The van der Waals surface area contributed by atoms with Crippen molar-refractivity contribution in [2.24, 2.45) is 5.92 Å². The number of nitrogens with zero attached hydrogens (tertiary/aromatic N) is 1. The van der Waals surface area contributed by atoms with Crippen molar-refractivity contribution in [3.8, 4) is 0 Å². The van der Waals surface area contributed by atoms with E-state index in [0.717, 1.165) is 32.4 Å². The maximum Gasteiger partial charge on any atom is 0.324 e. The van der Waals surface area contributed by atoms with E-state index in [1.807, 2.05) is 6.92 Å². The monoisotopic (exact) mass is 199 g/mol. The van der Waals surface area contributed by atoms with Crippen molar-refractivity contribution in [2.45, 2.75) is 45.6 Å². The van der Waals surface area contributed by atoms with Crippen molar-refractivity contribution >= 4 is 5.97 Å². The third-order valence-electron chi connectivity index (χ3n) is 3.19. The normalized spacial score (nSPS) is 28.6. The zero-order valence-electron chi connectivity index (χ0n) is 9.42. The highest BCUT2D eigenvalue weighted by molar-refractivity contribution is 5.79. The van der Waals surface area contributed by atoms with Crippen molar-refractivity contribution < 1.29 is 9.90 Å². The number of hydrogen-bond donors (Lipinski definition) is 1. The number of hydrogen-bond acceptors (Lipinski definition) is 2. The molecule has 0 aromatic rings. The van der Waals surface area contributed by atoms with Gasteiger partial charge in [-0.2, -0.15) is 0 Å². The summed E-state index contributed by atoms with van der Waals surface area (Å²) in [5, 5.41) is 9.31. The van der Waals surface area contributed by atoms with Gasteiger partial charge in [0.05, 0.1) is 0 Å².